The maximum Gasteiger partial charge on any atom is 0.307 e. The van der Waals surface area contributed by atoms with Crippen LogP contribution in [0.15, 0.2) is 36.4 Å². The van der Waals surface area contributed by atoms with Crippen molar-refractivity contribution in [1.82, 2.24) is 0 Å². The van der Waals surface area contributed by atoms with Crippen molar-refractivity contribution in [2.45, 2.75) is 38.8 Å². The van der Waals surface area contributed by atoms with E-state index in [0.717, 1.165) is 39.3 Å². The van der Waals surface area contributed by atoms with E-state index in [0.29, 0.717) is 5.75 Å². The lowest BCUT2D eigenvalue weighted by atomic mass is 9.80. The van der Waals surface area contributed by atoms with E-state index >= 15 is 0 Å². The van der Waals surface area contributed by atoms with E-state index in [1.807, 2.05) is 18.2 Å². The monoisotopic (exact) mass is 379 g/mol. The van der Waals surface area contributed by atoms with E-state index in [2.05, 4.69) is 50.9 Å². The minimum absolute atomic E-state index is 0.0967. The van der Waals surface area contributed by atoms with Gasteiger partial charge in [-0.1, -0.05) is 18.2 Å². The highest BCUT2D eigenvalue weighted by Crippen LogP contribution is 2.53. The van der Waals surface area contributed by atoms with Crippen molar-refractivity contribution in [2.75, 3.05) is 19.1 Å². The van der Waals surface area contributed by atoms with Crippen molar-refractivity contribution in [3.63, 3.8) is 0 Å². The second kappa shape index (κ2) is 6.30. The van der Waals surface area contributed by atoms with Crippen molar-refractivity contribution >= 4 is 17.2 Å². The number of carboxylic acid groups (broad SMARTS) is 1. The molecule has 4 rings (SSSR count). The predicted octanol–water partition coefficient (Wildman–Crippen LogP) is 4.90. The van der Waals surface area contributed by atoms with Crippen LogP contribution >= 0.6 is 0 Å². The minimum Gasteiger partial charge on any atom is -0.496 e. The van der Waals surface area contributed by atoms with Gasteiger partial charge in [-0.3, -0.25) is 4.79 Å². The van der Waals surface area contributed by atoms with Gasteiger partial charge in [0.2, 0.25) is 0 Å². The van der Waals surface area contributed by atoms with Crippen LogP contribution in [-0.4, -0.2) is 30.8 Å². The third-order valence-electron chi connectivity index (χ3n) is 5.84. The second-order valence-electron chi connectivity index (χ2n) is 8.00. The molecule has 2 aliphatic rings. The van der Waals surface area contributed by atoms with Gasteiger partial charge >= 0.3 is 5.97 Å². The molecule has 2 aliphatic heterocycles. The summed E-state index contributed by atoms with van der Waals surface area (Å²) in [6, 6.07) is 9.82. The van der Waals surface area contributed by atoms with Crippen LogP contribution in [0.2, 0.25) is 0 Å². The third-order valence-corrected chi connectivity index (χ3v) is 5.84. The maximum atomic E-state index is 11.6. The zero-order valence-electron chi connectivity index (χ0n) is 16.9. The van der Waals surface area contributed by atoms with Gasteiger partial charge in [0.1, 0.15) is 17.6 Å². The number of likely N-dealkylation sites (N-methyl/N-ethyl adjacent to an activating group) is 1. The van der Waals surface area contributed by atoms with Crippen LogP contribution in [0.3, 0.4) is 0 Å². The third kappa shape index (κ3) is 2.65. The molecule has 0 aromatic heterocycles. The number of rotatable bonds is 3. The Morgan fingerprint density at radius 3 is 2.68 bits per heavy atom. The number of benzene rings is 2. The molecule has 2 aromatic carbocycles. The average Bonchev–Trinajstić information content (AvgIpc) is 2.64. The molecule has 1 unspecified atom stereocenters. The number of anilines is 1. The topological polar surface area (TPSA) is 59.0 Å². The van der Waals surface area contributed by atoms with E-state index in [-0.39, 0.29) is 12.0 Å². The molecule has 0 aliphatic carbocycles. The van der Waals surface area contributed by atoms with Gasteiger partial charge < -0.3 is 19.5 Å². The molecular weight excluding hydrogens is 354 g/mol. The average molecular weight is 379 g/mol. The largest absolute Gasteiger partial charge is 0.496 e. The van der Waals surface area contributed by atoms with Crippen LogP contribution in [0.5, 0.6) is 11.5 Å². The standard InChI is InChI=1S/C23H25NO4/c1-13-12-23(2,3)24(4)15-10-9-14-21-16(27-5)7-6-8-17(21)28-18(11-19(25)26)22(14)20(13)15/h6-10,12,18H,11H2,1-5H3,(H,25,26). The number of carbonyl (C=O) groups is 1. The first-order chi connectivity index (χ1) is 13.2. The van der Waals surface area contributed by atoms with Crippen LogP contribution in [0.1, 0.15) is 44.4 Å². The van der Waals surface area contributed by atoms with Gasteiger partial charge in [-0.05, 0) is 50.1 Å². The molecule has 28 heavy (non-hydrogen) atoms. The van der Waals surface area contributed by atoms with Crippen molar-refractivity contribution in [3.8, 4) is 22.6 Å². The Morgan fingerprint density at radius 2 is 2.00 bits per heavy atom. The smallest absolute Gasteiger partial charge is 0.307 e. The number of aliphatic carboxylic acids is 1. The second-order valence-corrected chi connectivity index (χ2v) is 8.00. The van der Waals surface area contributed by atoms with E-state index in [1.165, 1.54) is 0 Å². The van der Waals surface area contributed by atoms with Gasteiger partial charge in [0, 0.05) is 23.9 Å². The lowest BCUT2D eigenvalue weighted by Gasteiger charge is -2.43. The molecule has 0 amide bonds. The minimum atomic E-state index is -0.883. The quantitative estimate of drug-likeness (QED) is 0.822. The fourth-order valence-electron chi connectivity index (χ4n) is 4.42. The van der Waals surface area contributed by atoms with E-state index in [9.17, 15) is 9.90 Å². The zero-order chi connectivity index (χ0) is 20.2. The van der Waals surface area contributed by atoms with Gasteiger partial charge in [-0.2, -0.15) is 0 Å². The first-order valence-electron chi connectivity index (χ1n) is 9.41. The summed E-state index contributed by atoms with van der Waals surface area (Å²) in [4.78, 5) is 13.8. The summed E-state index contributed by atoms with van der Waals surface area (Å²) >= 11 is 0. The molecule has 5 heteroatoms. The number of methoxy groups -OCH3 is 1. The molecular formula is C23H25NO4. The van der Waals surface area contributed by atoms with Crippen molar-refractivity contribution in [1.29, 1.82) is 0 Å². The first kappa shape index (κ1) is 18.4. The molecule has 0 radical (unpaired) electrons. The highest BCUT2D eigenvalue weighted by molar-refractivity contribution is 5.92. The molecule has 1 atom stereocenters. The van der Waals surface area contributed by atoms with E-state index in [4.69, 9.17) is 9.47 Å². The summed E-state index contributed by atoms with van der Waals surface area (Å²) in [6.07, 6.45) is 1.58. The number of hydrogen-bond acceptors (Lipinski definition) is 4. The molecule has 0 spiro atoms. The Kier molecular flexibility index (Phi) is 4.14. The highest BCUT2D eigenvalue weighted by Gasteiger charge is 2.37. The zero-order valence-corrected chi connectivity index (χ0v) is 16.9. The number of ether oxygens (including phenoxy) is 2. The van der Waals surface area contributed by atoms with Crippen molar-refractivity contribution in [3.05, 3.63) is 47.5 Å². The number of carboxylic acids is 1. The summed E-state index contributed by atoms with van der Waals surface area (Å²) in [5.41, 5.74) is 5.93. The Labute approximate surface area is 165 Å². The molecule has 5 nitrogen and oxygen atoms in total. The summed E-state index contributed by atoms with van der Waals surface area (Å²) in [7, 11) is 3.71. The lowest BCUT2D eigenvalue weighted by molar-refractivity contribution is -0.138. The van der Waals surface area contributed by atoms with Crippen LogP contribution in [-0.2, 0) is 4.79 Å². The summed E-state index contributed by atoms with van der Waals surface area (Å²) < 4.78 is 11.8. The van der Waals surface area contributed by atoms with E-state index in [1.54, 1.807) is 7.11 Å². The fourth-order valence-corrected chi connectivity index (χ4v) is 4.42. The van der Waals surface area contributed by atoms with Gasteiger partial charge in [-0.15, -0.1) is 0 Å². The molecule has 0 saturated carbocycles. The highest BCUT2D eigenvalue weighted by atomic mass is 16.5. The van der Waals surface area contributed by atoms with Crippen molar-refractivity contribution < 1.29 is 19.4 Å². The van der Waals surface area contributed by atoms with Gasteiger partial charge in [0.15, 0.2) is 0 Å². The number of hydrogen-bond donors (Lipinski definition) is 1. The molecule has 2 aromatic rings. The summed E-state index contributed by atoms with van der Waals surface area (Å²) in [5, 5.41) is 9.52. The Morgan fingerprint density at radius 1 is 1.25 bits per heavy atom. The molecule has 0 bridgehead atoms. The Balaban J connectivity index is 2.04. The summed E-state index contributed by atoms with van der Waals surface area (Å²) in [5.74, 6) is 0.494. The molecule has 0 fully saturated rings. The van der Waals surface area contributed by atoms with E-state index < -0.39 is 12.1 Å². The van der Waals surface area contributed by atoms with Gasteiger partial charge in [-0.25, -0.2) is 0 Å². The maximum absolute atomic E-state index is 11.6. The Bertz CT molecular complexity index is 1010. The van der Waals surface area contributed by atoms with Crippen LogP contribution in [0.4, 0.5) is 5.69 Å². The van der Waals surface area contributed by atoms with Crippen molar-refractivity contribution in [2.24, 2.45) is 0 Å². The molecule has 2 heterocycles. The molecule has 1 N–H and O–H groups in total. The number of allylic oxidation sites excluding steroid dienone is 1. The normalized spacial score (nSPS) is 19.0. The SMILES string of the molecule is COc1cccc2c1-c1ccc3c(c1C(CC(=O)O)O2)C(C)=CC(C)(C)N3C. The predicted molar refractivity (Wildman–Crippen MR) is 110 cm³/mol. The van der Waals surface area contributed by atoms with Gasteiger partial charge in [0.25, 0.3) is 0 Å². The van der Waals surface area contributed by atoms with Gasteiger partial charge in [0.05, 0.1) is 24.6 Å². The van der Waals surface area contributed by atoms with Crippen LogP contribution in [0.25, 0.3) is 16.7 Å². The van der Waals surface area contributed by atoms with Crippen LogP contribution < -0.4 is 14.4 Å². The lowest BCUT2D eigenvalue weighted by Crippen LogP contribution is -2.42. The Hall–Kier alpha value is -2.95. The number of fused-ring (bicyclic) bond motifs is 5. The summed E-state index contributed by atoms with van der Waals surface area (Å²) in [6.45, 7) is 6.42. The number of nitrogens with zero attached hydrogens (tertiary/aromatic N) is 1. The molecule has 146 valence electrons. The first-order valence-corrected chi connectivity index (χ1v) is 9.41. The fraction of sp³-hybridized carbons (Fsp3) is 0.348. The molecule has 0 saturated heterocycles. The van der Waals surface area contributed by atoms with Crippen LogP contribution in [0, 0.1) is 0 Å².